The average Bonchev–Trinajstić information content (AvgIpc) is 2.47. The van der Waals surface area contributed by atoms with Crippen LogP contribution in [0.25, 0.3) is 0 Å². The first-order chi connectivity index (χ1) is 9.57. The second-order valence-corrected chi connectivity index (χ2v) is 5.36. The Morgan fingerprint density at radius 3 is 2.40 bits per heavy atom. The first kappa shape index (κ1) is 14.3. The van der Waals surface area contributed by atoms with Crippen molar-refractivity contribution in [3.05, 3.63) is 65.2 Å². The van der Waals surface area contributed by atoms with Crippen LogP contribution in [0.5, 0.6) is 5.75 Å². The molecule has 2 aromatic carbocycles. The second-order valence-electron chi connectivity index (χ2n) is 5.36. The topological polar surface area (TPSA) is 32.6 Å². The molecular formula is C18H21NO. The van der Waals surface area contributed by atoms with E-state index in [1.807, 2.05) is 43.3 Å². The Morgan fingerprint density at radius 1 is 1.05 bits per heavy atom. The Kier molecular flexibility index (Phi) is 4.23. The fourth-order valence-electron chi connectivity index (χ4n) is 2.37. The van der Waals surface area contributed by atoms with Crippen molar-refractivity contribution in [3.63, 3.8) is 0 Å². The highest BCUT2D eigenvalue weighted by Gasteiger charge is 2.26. The molecule has 2 aromatic rings. The highest BCUT2D eigenvalue weighted by Crippen LogP contribution is 2.37. The van der Waals surface area contributed by atoms with Gasteiger partial charge >= 0.3 is 0 Å². The van der Waals surface area contributed by atoms with Crippen molar-refractivity contribution in [1.82, 2.24) is 0 Å². The van der Waals surface area contributed by atoms with Crippen LogP contribution in [0.2, 0.25) is 0 Å². The summed E-state index contributed by atoms with van der Waals surface area (Å²) < 4.78 is 0. The minimum atomic E-state index is -0.249. The molecule has 20 heavy (non-hydrogen) atoms. The Bertz CT molecular complexity index is 600. The number of aromatic hydroxyl groups is 1. The lowest BCUT2D eigenvalue weighted by Gasteiger charge is -2.27. The van der Waals surface area contributed by atoms with Gasteiger partial charge in [-0.05, 0) is 18.6 Å². The predicted octanol–water partition coefficient (Wildman–Crippen LogP) is 4.16. The standard InChI is InChI=1S/C18H21NO/c1-4-19-13-14-9-8-12-16(17(14)20)18(2,3)15-10-6-5-7-11-15/h5-13,20H,4H2,1-3H3. The molecule has 0 bridgehead atoms. The van der Waals surface area contributed by atoms with Crippen LogP contribution in [0.3, 0.4) is 0 Å². The fourth-order valence-corrected chi connectivity index (χ4v) is 2.37. The zero-order valence-electron chi connectivity index (χ0n) is 12.3. The van der Waals surface area contributed by atoms with Crippen molar-refractivity contribution < 1.29 is 5.11 Å². The summed E-state index contributed by atoms with van der Waals surface area (Å²) in [5, 5.41) is 10.5. The first-order valence-corrected chi connectivity index (χ1v) is 6.95. The van der Waals surface area contributed by atoms with Gasteiger partial charge in [0, 0.05) is 29.3 Å². The zero-order chi connectivity index (χ0) is 14.6. The number of para-hydroxylation sites is 1. The second kappa shape index (κ2) is 5.91. The molecule has 2 nitrogen and oxygen atoms in total. The molecule has 2 heteroatoms. The van der Waals surface area contributed by atoms with E-state index in [0.29, 0.717) is 12.3 Å². The predicted molar refractivity (Wildman–Crippen MR) is 84.8 cm³/mol. The summed E-state index contributed by atoms with van der Waals surface area (Å²) in [5.74, 6) is 0.318. The van der Waals surface area contributed by atoms with Gasteiger partial charge in [-0.15, -0.1) is 0 Å². The molecule has 104 valence electrons. The van der Waals surface area contributed by atoms with E-state index in [2.05, 4.69) is 31.0 Å². The minimum Gasteiger partial charge on any atom is -0.507 e. The van der Waals surface area contributed by atoms with Gasteiger partial charge in [-0.25, -0.2) is 0 Å². The molecule has 0 aromatic heterocycles. The molecule has 0 heterocycles. The van der Waals surface area contributed by atoms with E-state index in [0.717, 1.165) is 11.1 Å². The summed E-state index contributed by atoms with van der Waals surface area (Å²) in [6.45, 7) is 6.94. The number of hydrogen-bond acceptors (Lipinski definition) is 2. The number of nitrogens with zero attached hydrogens (tertiary/aromatic N) is 1. The van der Waals surface area contributed by atoms with E-state index < -0.39 is 0 Å². The Balaban J connectivity index is 2.50. The summed E-state index contributed by atoms with van der Waals surface area (Å²) in [4.78, 5) is 4.21. The van der Waals surface area contributed by atoms with Crippen molar-refractivity contribution in [2.45, 2.75) is 26.2 Å². The SMILES string of the molecule is CCN=Cc1cccc(C(C)(C)c2ccccc2)c1O. The summed E-state index contributed by atoms with van der Waals surface area (Å²) in [5.41, 5.74) is 2.62. The van der Waals surface area contributed by atoms with E-state index in [-0.39, 0.29) is 5.41 Å². The quantitative estimate of drug-likeness (QED) is 0.829. The Hall–Kier alpha value is -2.09. The average molecular weight is 267 g/mol. The maximum atomic E-state index is 10.5. The normalized spacial score (nSPS) is 11.9. The van der Waals surface area contributed by atoms with E-state index in [1.54, 1.807) is 6.21 Å². The third kappa shape index (κ3) is 2.74. The van der Waals surface area contributed by atoms with Crippen LogP contribution in [0.1, 0.15) is 37.5 Å². The third-order valence-electron chi connectivity index (χ3n) is 3.65. The lowest BCUT2D eigenvalue weighted by molar-refractivity contribution is 0.452. The van der Waals surface area contributed by atoms with Gasteiger partial charge in [0.05, 0.1) is 0 Å². The van der Waals surface area contributed by atoms with Gasteiger partial charge in [0.2, 0.25) is 0 Å². The molecule has 1 N–H and O–H groups in total. The molecule has 0 atom stereocenters. The van der Waals surface area contributed by atoms with Crippen LogP contribution in [0.15, 0.2) is 53.5 Å². The van der Waals surface area contributed by atoms with E-state index in [1.165, 1.54) is 5.56 Å². The zero-order valence-corrected chi connectivity index (χ0v) is 12.3. The van der Waals surface area contributed by atoms with Crippen LogP contribution < -0.4 is 0 Å². The van der Waals surface area contributed by atoms with E-state index >= 15 is 0 Å². The van der Waals surface area contributed by atoms with Gasteiger partial charge in [-0.2, -0.15) is 0 Å². The maximum Gasteiger partial charge on any atom is 0.128 e. The van der Waals surface area contributed by atoms with Crippen LogP contribution in [-0.4, -0.2) is 17.9 Å². The number of rotatable bonds is 4. The fraction of sp³-hybridized carbons (Fsp3) is 0.278. The van der Waals surface area contributed by atoms with E-state index in [4.69, 9.17) is 0 Å². The number of aliphatic imine (C=N–C) groups is 1. The van der Waals surface area contributed by atoms with E-state index in [9.17, 15) is 5.11 Å². The molecular weight excluding hydrogens is 246 g/mol. The van der Waals surface area contributed by atoms with Crippen LogP contribution >= 0.6 is 0 Å². The lowest BCUT2D eigenvalue weighted by Crippen LogP contribution is -2.19. The molecule has 0 spiro atoms. The molecule has 0 saturated heterocycles. The van der Waals surface area contributed by atoms with Gasteiger partial charge in [0.25, 0.3) is 0 Å². The van der Waals surface area contributed by atoms with Crippen molar-refractivity contribution in [3.8, 4) is 5.75 Å². The lowest BCUT2D eigenvalue weighted by atomic mass is 9.77. The van der Waals surface area contributed by atoms with Gasteiger partial charge in [0.15, 0.2) is 0 Å². The molecule has 2 rings (SSSR count). The minimum absolute atomic E-state index is 0.249. The third-order valence-corrected chi connectivity index (χ3v) is 3.65. The number of phenolic OH excluding ortho intramolecular Hbond substituents is 1. The Morgan fingerprint density at radius 2 is 1.75 bits per heavy atom. The highest BCUT2D eigenvalue weighted by molar-refractivity contribution is 5.84. The molecule has 0 amide bonds. The summed E-state index contributed by atoms with van der Waals surface area (Å²) in [6.07, 6.45) is 1.74. The molecule has 0 aliphatic heterocycles. The molecule has 0 aliphatic carbocycles. The maximum absolute atomic E-state index is 10.5. The number of hydrogen-bond donors (Lipinski definition) is 1. The van der Waals surface area contributed by atoms with Crippen LogP contribution in [-0.2, 0) is 5.41 Å². The Labute approximate surface area is 120 Å². The van der Waals surface area contributed by atoms with Gasteiger partial charge in [-0.1, -0.05) is 56.3 Å². The van der Waals surface area contributed by atoms with Crippen molar-refractivity contribution >= 4 is 6.21 Å². The van der Waals surface area contributed by atoms with Crippen molar-refractivity contribution in [2.75, 3.05) is 6.54 Å². The first-order valence-electron chi connectivity index (χ1n) is 6.95. The number of phenols is 1. The highest BCUT2D eigenvalue weighted by atomic mass is 16.3. The van der Waals surface area contributed by atoms with Gasteiger partial charge in [-0.3, -0.25) is 4.99 Å². The van der Waals surface area contributed by atoms with Crippen molar-refractivity contribution in [2.24, 2.45) is 4.99 Å². The molecule has 0 radical (unpaired) electrons. The monoisotopic (exact) mass is 267 g/mol. The van der Waals surface area contributed by atoms with Crippen molar-refractivity contribution in [1.29, 1.82) is 0 Å². The largest absolute Gasteiger partial charge is 0.507 e. The van der Waals surface area contributed by atoms with Crippen LogP contribution in [0.4, 0.5) is 0 Å². The number of benzene rings is 2. The molecule has 0 saturated carbocycles. The van der Waals surface area contributed by atoms with Gasteiger partial charge in [0.1, 0.15) is 5.75 Å². The summed E-state index contributed by atoms with van der Waals surface area (Å²) in [7, 11) is 0. The molecule has 0 aliphatic rings. The molecule has 0 unspecified atom stereocenters. The summed E-state index contributed by atoms with van der Waals surface area (Å²) >= 11 is 0. The summed E-state index contributed by atoms with van der Waals surface area (Å²) in [6, 6.07) is 16.1. The van der Waals surface area contributed by atoms with Gasteiger partial charge < -0.3 is 5.11 Å². The van der Waals surface area contributed by atoms with Crippen LogP contribution in [0, 0.1) is 0 Å². The smallest absolute Gasteiger partial charge is 0.128 e. The molecule has 0 fully saturated rings.